The molecule has 4 rings (SSSR count). The van der Waals surface area contributed by atoms with Crippen molar-refractivity contribution in [2.45, 2.75) is 12.5 Å². The summed E-state index contributed by atoms with van der Waals surface area (Å²) >= 11 is 0. The summed E-state index contributed by atoms with van der Waals surface area (Å²) in [4.78, 5) is 14.7. The molecular weight excluding hydrogens is 288 g/mol. The number of nitrogens with zero attached hydrogens (tertiary/aromatic N) is 1. The molecule has 3 atom stereocenters. The van der Waals surface area contributed by atoms with E-state index in [0.717, 1.165) is 25.2 Å². The van der Waals surface area contributed by atoms with Crippen molar-refractivity contribution in [1.29, 1.82) is 0 Å². The van der Waals surface area contributed by atoms with Gasteiger partial charge in [-0.1, -0.05) is 24.1 Å². The molecule has 1 aromatic carbocycles. The molecule has 4 nitrogen and oxygen atoms in total. The Bertz CT molecular complexity index is 769. The second-order valence-corrected chi connectivity index (χ2v) is 6.17. The van der Waals surface area contributed by atoms with Gasteiger partial charge in [0.1, 0.15) is 0 Å². The van der Waals surface area contributed by atoms with Crippen LogP contribution in [0.2, 0.25) is 0 Å². The van der Waals surface area contributed by atoms with Crippen LogP contribution in [0.3, 0.4) is 0 Å². The third-order valence-corrected chi connectivity index (χ3v) is 4.58. The molecular formula is C19H18N2O2. The molecule has 0 saturated carbocycles. The quantitative estimate of drug-likeness (QED) is 0.865. The molecule has 2 aliphatic rings. The van der Waals surface area contributed by atoms with E-state index in [1.807, 2.05) is 30.3 Å². The van der Waals surface area contributed by atoms with E-state index in [-0.39, 0.29) is 11.9 Å². The van der Waals surface area contributed by atoms with Crippen LogP contribution in [0.15, 0.2) is 46.9 Å². The summed E-state index contributed by atoms with van der Waals surface area (Å²) in [6.07, 6.45) is 1.18. The van der Waals surface area contributed by atoms with Gasteiger partial charge in [-0.3, -0.25) is 4.79 Å². The van der Waals surface area contributed by atoms with Crippen LogP contribution in [0.4, 0.5) is 0 Å². The van der Waals surface area contributed by atoms with Crippen LogP contribution >= 0.6 is 0 Å². The molecule has 3 heterocycles. The van der Waals surface area contributed by atoms with Crippen molar-refractivity contribution in [3.8, 4) is 11.8 Å². The van der Waals surface area contributed by atoms with Gasteiger partial charge in [-0.05, 0) is 49.1 Å². The normalized spacial score (nSPS) is 25.0. The fourth-order valence-corrected chi connectivity index (χ4v) is 3.37. The molecule has 1 aromatic heterocycles. The van der Waals surface area contributed by atoms with Crippen LogP contribution in [0.25, 0.3) is 0 Å². The van der Waals surface area contributed by atoms with Crippen molar-refractivity contribution in [2.75, 3.05) is 19.6 Å². The van der Waals surface area contributed by atoms with E-state index < -0.39 is 0 Å². The van der Waals surface area contributed by atoms with Gasteiger partial charge in [0.2, 0.25) is 0 Å². The predicted molar refractivity (Wildman–Crippen MR) is 86.9 cm³/mol. The molecule has 4 heteroatoms. The first kappa shape index (κ1) is 14.1. The highest BCUT2D eigenvalue weighted by Gasteiger charge is 2.38. The summed E-state index contributed by atoms with van der Waals surface area (Å²) in [7, 11) is 0. The summed E-state index contributed by atoms with van der Waals surface area (Å²) in [5.74, 6) is 7.27. The molecule has 2 aliphatic heterocycles. The van der Waals surface area contributed by atoms with Gasteiger partial charge < -0.3 is 14.6 Å². The molecule has 1 N–H and O–H groups in total. The van der Waals surface area contributed by atoms with Gasteiger partial charge in [-0.15, -0.1) is 0 Å². The first-order valence-corrected chi connectivity index (χ1v) is 7.98. The van der Waals surface area contributed by atoms with Crippen molar-refractivity contribution in [2.24, 2.45) is 5.92 Å². The molecule has 0 aliphatic carbocycles. The zero-order valence-corrected chi connectivity index (χ0v) is 12.8. The number of hydrogen-bond donors (Lipinski definition) is 1. The Labute approximate surface area is 135 Å². The highest BCUT2D eigenvalue weighted by Crippen LogP contribution is 2.27. The van der Waals surface area contributed by atoms with E-state index in [4.69, 9.17) is 4.42 Å². The van der Waals surface area contributed by atoms with E-state index in [1.165, 1.54) is 6.42 Å². The van der Waals surface area contributed by atoms with Gasteiger partial charge in [0.25, 0.3) is 5.91 Å². The molecule has 2 saturated heterocycles. The average Bonchev–Trinajstić information content (AvgIpc) is 3.30. The molecule has 2 fully saturated rings. The molecule has 1 amide bonds. The summed E-state index contributed by atoms with van der Waals surface area (Å²) in [6.45, 7) is 3.23. The third kappa shape index (κ3) is 3.01. The zero-order chi connectivity index (χ0) is 15.6. The molecule has 23 heavy (non-hydrogen) atoms. The number of amides is 1. The summed E-state index contributed by atoms with van der Waals surface area (Å²) in [6, 6.07) is 13.4. The number of rotatable bonds is 2. The van der Waals surface area contributed by atoms with Crippen molar-refractivity contribution in [3.63, 3.8) is 0 Å². The van der Waals surface area contributed by atoms with Crippen molar-refractivity contribution in [1.82, 2.24) is 10.2 Å². The Morgan fingerprint density at radius 1 is 1.13 bits per heavy atom. The van der Waals surface area contributed by atoms with Gasteiger partial charge in [0.15, 0.2) is 11.5 Å². The van der Waals surface area contributed by atoms with Crippen LogP contribution in [0, 0.1) is 17.8 Å². The van der Waals surface area contributed by atoms with E-state index in [1.54, 1.807) is 12.1 Å². The number of piperidine rings is 1. The molecule has 116 valence electrons. The van der Waals surface area contributed by atoms with Gasteiger partial charge >= 0.3 is 0 Å². The first-order valence-electron chi connectivity index (χ1n) is 7.98. The van der Waals surface area contributed by atoms with Gasteiger partial charge in [0, 0.05) is 24.7 Å². The Hall–Kier alpha value is -2.51. The third-order valence-electron chi connectivity index (χ3n) is 4.58. The molecule has 2 bridgehead atoms. The van der Waals surface area contributed by atoms with Crippen LogP contribution < -0.4 is 5.32 Å². The predicted octanol–water partition coefficient (Wildman–Crippen LogP) is 2.11. The average molecular weight is 306 g/mol. The maximum absolute atomic E-state index is 12.3. The smallest absolute Gasteiger partial charge is 0.287 e. The fraction of sp³-hybridized carbons (Fsp3) is 0.316. The lowest BCUT2D eigenvalue weighted by atomic mass is 10.00. The number of benzene rings is 1. The molecule has 0 radical (unpaired) electrons. The van der Waals surface area contributed by atoms with Crippen molar-refractivity contribution < 1.29 is 9.21 Å². The Kier molecular flexibility index (Phi) is 3.64. The maximum atomic E-state index is 12.3. The summed E-state index contributed by atoms with van der Waals surface area (Å²) < 4.78 is 5.56. The topological polar surface area (TPSA) is 45.5 Å². The standard InChI is InChI=1S/C19H18N2O2/c22-19(20-17-13-21-11-10-15(17)12-21)18-9-8-16(23-18)7-6-14-4-2-1-3-5-14/h1-5,8-9,15,17H,10-13H2,(H,20,22)/t15-,17-/m0/s1. The van der Waals surface area contributed by atoms with Crippen LogP contribution in [0.5, 0.6) is 0 Å². The number of nitrogens with one attached hydrogen (secondary N) is 1. The van der Waals surface area contributed by atoms with Gasteiger partial charge in [0.05, 0.1) is 0 Å². The van der Waals surface area contributed by atoms with E-state index >= 15 is 0 Å². The Balaban J connectivity index is 1.41. The number of fused-ring (bicyclic) bond motifs is 2. The molecule has 2 aromatic rings. The summed E-state index contributed by atoms with van der Waals surface area (Å²) in [5, 5.41) is 3.09. The number of furan rings is 1. The largest absolute Gasteiger partial charge is 0.443 e. The van der Waals surface area contributed by atoms with Crippen LogP contribution in [0.1, 0.15) is 28.3 Å². The van der Waals surface area contributed by atoms with E-state index in [0.29, 0.717) is 17.4 Å². The number of carbonyl (C=O) groups is 1. The Morgan fingerprint density at radius 3 is 2.74 bits per heavy atom. The van der Waals surface area contributed by atoms with E-state index in [9.17, 15) is 4.79 Å². The fourth-order valence-electron chi connectivity index (χ4n) is 3.37. The Morgan fingerprint density at radius 2 is 2.00 bits per heavy atom. The lowest BCUT2D eigenvalue weighted by Crippen LogP contribution is -2.43. The number of hydrogen-bond acceptors (Lipinski definition) is 3. The highest BCUT2D eigenvalue weighted by molar-refractivity contribution is 5.91. The molecule has 1 unspecified atom stereocenters. The highest BCUT2D eigenvalue weighted by atomic mass is 16.3. The second-order valence-electron chi connectivity index (χ2n) is 6.17. The summed E-state index contributed by atoms with van der Waals surface area (Å²) in [5.41, 5.74) is 0.922. The lowest BCUT2D eigenvalue weighted by Gasteiger charge is -2.22. The van der Waals surface area contributed by atoms with Crippen molar-refractivity contribution in [3.05, 3.63) is 59.5 Å². The van der Waals surface area contributed by atoms with Crippen LogP contribution in [-0.2, 0) is 0 Å². The maximum Gasteiger partial charge on any atom is 0.287 e. The molecule has 0 spiro atoms. The lowest BCUT2D eigenvalue weighted by molar-refractivity contribution is 0.0895. The minimum atomic E-state index is -0.142. The van der Waals surface area contributed by atoms with Gasteiger partial charge in [-0.2, -0.15) is 0 Å². The zero-order valence-electron chi connectivity index (χ0n) is 12.8. The monoisotopic (exact) mass is 306 g/mol. The first-order chi connectivity index (χ1) is 11.3. The second kappa shape index (κ2) is 5.94. The minimum absolute atomic E-state index is 0.142. The SMILES string of the molecule is O=C(N[C@H]1CN2CC[C@H]1C2)c1ccc(C#Cc2ccccc2)o1. The van der Waals surface area contributed by atoms with E-state index in [2.05, 4.69) is 22.1 Å². The minimum Gasteiger partial charge on any atom is -0.443 e. The van der Waals surface area contributed by atoms with Crippen LogP contribution in [-0.4, -0.2) is 36.5 Å². The van der Waals surface area contributed by atoms with Gasteiger partial charge in [-0.25, -0.2) is 0 Å². The number of carbonyl (C=O) groups excluding carboxylic acids is 1. The van der Waals surface area contributed by atoms with Crippen molar-refractivity contribution >= 4 is 5.91 Å².